The molecule has 0 spiro atoms. The molecule has 1 aliphatic heterocycles. The van der Waals surface area contributed by atoms with Gasteiger partial charge < -0.3 is 20.5 Å². The lowest BCUT2D eigenvalue weighted by Crippen LogP contribution is -2.39. The normalized spacial score (nSPS) is 24.6. The van der Waals surface area contributed by atoms with Gasteiger partial charge in [-0.15, -0.1) is 0 Å². The van der Waals surface area contributed by atoms with Crippen LogP contribution in [0.5, 0.6) is 0 Å². The molecule has 0 saturated carbocycles. The standard InChI is InChI=1S/C12H18N2O2/c1-15-12(5-6-16-9-12)8-14-11-4-2-3-10(13)7-11/h2-4,7,14H,5-6,8-9,13H2,1H3. The van der Waals surface area contributed by atoms with E-state index < -0.39 is 0 Å². The van der Waals surface area contributed by atoms with E-state index >= 15 is 0 Å². The van der Waals surface area contributed by atoms with E-state index in [1.54, 1.807) is 7.11 Å². The maximum absolute atomic E-state index is 5.71. The zero-order valence-electron chi connectivity index (χ0n) is 9.53. The van der Waals surface area contributed by atoms with E-state index in [-0.39, 0.29) is 5.60 Å². The third kappa shape index (κ3) is 2.46. The first-order chi connectivity index (χ1) is 7.74. The van der Waals surface area contributed by atoms with E-state index in [0.29, 0.717) is 6.61 Å². The molecule has 4 nitrogen and oxygen atoms in total. The van der Waals surface area contributed by atoms with Crippen molar-refractivity contribution < 1.29 is 9.47 Å². The van der Waals surface area contributed by atoms with Crippen LogP contribution >= 0.6 is 0 Å². The molecule has 4 heteroatoms. The van der Waals surface area contributed by atoms with Crippen LogP contribution in [0, 0.1) is 0 Å². The molecule has 1 aromatic carbocycles. The van der Waals surface area contributed by atoms with E-state index in [1.807, 2.05) is 24.3 Å². The highest BCUT2D eigenvalue weighted by Gasteiger charge is 2.34. The Kier molecular flexibility index (Phi) is 3.31. The fourth-order valence-corrected chi connectivity index (χ4v) is 1.87. The van der Waals surface area contributed by atoms with E-state index in [4.69, 9.17) is 15.2 Å². The molecule has 1 aromatic rings. The molecule has 3 N–H and O–H groups in total. The van der Waals surface area contributed by atoms with Crippen LogP contribution in [0.25, 0.3) is 0 Å². The van der Waals surface area contributed by atoms with Crippen LogP contribution in [-0.4, -0.2) is 32.5 Å². The molecule has 1 unspecified atom stereocenters. The second-order valence-electron chi connectivity index (χ2n) is 4.17. The first-order valence-electron chi connectivity index (χ1n) is 5.46. The van der Waals surface area contributed by atoms with Gasteiger partial charge in [0.05, 0.1) is 6.61 Å². The van der Waals surface area contributed by atoms with Gasteiger partial charge in [0.15, 0.2) is 0 Å². The minimum Gasteiger partial charge on any atom is -0.399 e. The van der Waals surface area contributed by atoms with Gasteiger partial charge in [-0.25, -0.2) is 0 Å². The molecule has 1 atom stereocenters. The van der Waals surface area contributed by atoms with E-state index in [9.17, 15) is 0 Å². The van der Waals surface area contributed by atoms with Crippen LogP contribution in [0.4, 0.5) is 11.4 Å². The molecule has 0 aromatic heterocycles. The number of benzene rings is 1. The van der Waals surface area contributed by atoms with Crippen LogP contribution in [0.3, 0.4) is 0 Å². The smallest absolute Gasteiger partial charge is 0.110 e. The molecule has 0 bridgehead atoms. The van der Waals surface area contributed by atoms with Gasteiger partial charge in [0.2, 0.25) is 0 Å². The third-order valence-corrected chi connectivity index (χ3v) is 3.00. The molecule has 2 rings (SSSR count). The third-order valence-electron chi connectivity index (χ3n) is 3.00. The van der Waals surface area contributed by atoms with Crippen LogP contribution in [0.1, 0.15) is 6.42 Å². The first kappa shape index (κ1) is 11.2. The van der Waals surface area contributed by atoms with Crippen LogP contribution < -0.4 is 11.1 Å². The molecule has 88 valence electrons. The molecule has 1 saturated heterocycles. The Labute approximate surface area is 95.7 Å². The molecule has 16 heavy (non-hydrogen) atoms. The molecule has 0 radical (unpaired) electrons. The topological polar surface area (TPSA) is 56.5 Å². The zero-order chi connectivity index (χ0) is 11.4. The van der Waals surface area contributed by atoms with Crippen LogP contribution in [0.15, 0.2) is 24.3 Å². The van der Waals surface area contributed by atoms with Gasteiger partial charge >= 0.3 is 0 Å². The zero-order valence-corrected chi connectivity index (χ0v) is 9.53. The van der Waals surface area contributed by atoms with Crippen molar-refractivity contribution in [3.05, 3.63) is 24.3 Å². The average Bonchev–Trinajstić information content (AvgIpc) is 2.76. The largest absolute Gasteiger partial charge is 0.399 e. The van der Waals surface area contributed by atoms with Crippen molar-refractivity contribution in [3.63, 3.8) is 0 Å². The van der Waals surface area contributed by atoms with Crippen LogP contribution in [0.2, 0.25) is 0 Å². The fraction of sp³-hybridized carbons (Fsp3) is 0.500. The minimum atomic E-state index is -0.190. The summed E-state index contributed by atoms with van der Waals surface area (Å²) in [6, 6.07) is 7.72. The summed E-state index contributed by atoms with van der Waals surface area (Å²) in [6.07, 6.45) is 0.929. The monoisotopic (exact) mass is 222 g/mol. The maximum atomic E-state index is 5.71. The molecular formula is C12H18N2O2. The van der Waals surface area contributed by atoms with E-state index in [0.717, 1.165) is 30.9 Å². The lowest BCUT2D eigenvalue weighted by molar-refractivity contribution is -0.00619. The fourth-order valence-electron chi connectivity index (χ4n) is 1.87. The van der Waals surface area contributed by atoms with Gasteiger partial charge in [-0.3, -0.25) is 0 Å². The Bertz CT molecular complexity index is 349. The van der Waals surface area contributed by atoms with Crippen LogP contribution in [-0.2, 0) is 9.47 Å². The Morgan fingerprint density at radius 1 is 1.56 bits per heavy atom. The number of nitrogens with one attached hydrogen (secondary N) is 1. The second kappa shape index (κ2) is 4.72. The summed E-state index contributed by atoms with van der Waals surface area (Å²) in [7, 11) is 1.73. The SMILES string of the molecule is COC1(CNc2cccc(N)c2)CCOC1. The molecule has 1 heterocycles. The quantitative estimate of drug-likeness (QED) is 0.758. The number of nitrogens with two attached hydrogens (primary N) is 1. The summed E-state index contributed by atoms with van der Waals surface area (Å²) < 4.78 is 10.9. The number of rotatable bonds is 4. The van der Waals surface area contributed by atoms with Crippen molar-refractivity contribution in [2.45, 2.75) is 12.0 Å². The highest BCUT2D eigenvalue weighted by Crippen LogP contribution is 2.23. The van der Waals surface area contributed by atoms with Gasteiger partial charge in [0.1, 0.15) is 5.60 Å². The average molecular weight is 222 g/mol. The Balaban J connectivity index is 1.95. The summed E-state index contributed by atoms with van der Waals surface area (Å²) in [5, 5.41) is 3.33. The molecule has 0 aliphatic carbocycles. The predicted molar refractivity (Wildman–Crippen MR) is 64.5 cm³/mol. The Hall–Kier alpha value is -1.26. The minimum absolute atomic E-state index is 0.190. The summed E-state index contributed by atoms with van der Waals surface area (Å²) in [6.45, 7) is 2.16. The molecular weight excluding hydrogens is 204 g/mol. The first-order valence-corrected chi connectivity index (χ1v) is 5.46. The number of nitrogen functional groups attached to an aromatic ring is 1. The number of ether oxygens (including phenoxy) is 2. The van der Waals surface area contributed by atoms with Gasteiger partial charge in [0.25, 0.3) is 0 Å². The van der Waals surface area contributed by atoms with E-state index in [1.165, 1.54) is 0 Å². The van der Waals surface area contributed by atoms with Crippen molar-refractivity contribution in [3.8, 4) is 0 Å². The Morgan fingerprint density at radius 2 is 2.44 bits per heavy atom. The van der Waals surface area contributed by atoms with E-state index in [2.05, 4.69) is 5.32 Å². The number of anilines is 2. The van der Waals surface area contributed by atoms with Gasteiger partial charge in [-0.2, -0.15) is 0 Å². The maximum Gasteiger partial charge on any atom is 0.110 e. The lowest BCUT2D eigenvalue weighted by Gasteiger charge is -2.26. The summed E-state index contributed by atoms with van der Waals surface area (Å²) >= 11 is 0. The van der Waals surface area contributed by atoms with Gasteiger partial charge in [-0.1, -0.05) is 6.07 Å². The lowest BCUT2D eigenvalue weighted by atomic mass is 10.0. The molecule has 1 aliphatic rings. The highest BCUT2D eigenvalue weighted by molar-refractivity contribution is 5.54. The molecule has 1 fully saturated rings. The van der Waals surface area contributed by atoms with Crippen molar-refractivity contribution >= 4 is 11.4 Å². The number of hydrogen-bond acceptors (Lipinski definition) is 4. The van der Waals surface area contributed by atoms with Gasteiger partial charge in [0, 0.05) is 38.1 Å². The predicted octanol–water partition coefficient (Wildman–Crippen LogP) is 1.49. The number of methoxy groups -OCH3 is 1. The second-order valence-corrected chi connectivity index (χ2v) is 4.17. The summed E-state index contributed by atoms with van der Waals surface area (Å²) in [5.41, 5.74) is 7.30. The summed E-state index contributed by atoms with van der Waals surface area (Å²) in [5.74, 6) is 0. The highest BCUT2D eigenvalue weighted by atomic mass is 16.5. The van der Waals surface area contributed by atoms with Gasteiger partial charge in [-0.05, 0) is 18.2 Å². The molecule has 0 amide bonds. The van der Waals surface area contributed by atoms with Crippen molar-refractivity contribution in [1.82, 2.24) is 0 Å². The van der Waals surface area contributed by atoms with Crippen molar-refractivity contribution in [2.75, 3.05) is 37.9 Å². The Morgan fingerprint density at radius 3 is 3.06 bits per heavy atom. The number of hydrogen-bond donors (Lipinski definition) is 2. The summed E-state index contributed by atoms with van der Waals surface area (Å²) in [4.78, 5) is 0. The van der Waals surface area contributed by atoms with Crippen molar-refractivity contribution in [1.29, 1.82) is 0 Å². The van der Waals surface area contributed by atoms with Crippen molar-refractivity contribution in [2.24, 2.45) is 0 Å².